The SMILES string of the molecule is Cc1cc(C(=O)NC2CCCCC2)nc(NCC2CCCO2)n1. The molecule has 1 saturated carbocycles. The van der Waals surface area contributed by atoms with Crippen LogP contribution in [0.3, 0.4) is 0 Å². The Morgan fingerprint density at radius 2 is 2.04 bits per heavy atom. The van der Waals surface area contributed by atoms with Gasteiger partial charge in [0.15, 0.2) is 0 Å². The molecule has 0 aromatic carbocycles. The molecule has 1 atom stereocenters. The van der Waals surface area contributed by atoms with Gasteiger partial charge in [0.05, 0.1) is 6.10 Å². The first kappa shape index (κ1) is 16.2. The normalized spacial score (nSPS) is 22.0. The van der Waals surface area contributed by atoms with Crippen LogP contribution in [0.25, 0.3) is 0 Å². The Labute approximate surface area is 137 Å². The van der Waals surface area contributed by atoms with Gasteiger partial charge in [-0.1, -0.05) is 19.3 Å². The number of aryl methyl sites for hydroxylation is 1. The number of rotatable bonds is 5. The number of nitrogens with one attached hydrogen (secondary N) is 2. The lowest BCUT2D eigenvalue weighted by Crippen LogP contribution is -2.36. The summed E-state index contributed by atoms with van der Waals surface area (Å²) in [4.78, 5) is 21.2. The lowest BCUT2D eigenvalue weighted by Gasteiger charge is -2.22. The number of hydrogen-bond donors (Lipinski definition) is 2. The number of carbonyl (C=O) groups excluding carboxylic acids is 1. The van der Waals surface area contributed by atoms with Crippen LogP contribution in [-0.4, -0.2) is 41.2 Å². The van der Waals surface area contributed by atoms with E-state index < -0.39 is 0 Å². The highest BCUT2D eigenvalue weighted by Gasteiger charge is 2.19. The van der Waals surface area contributed by atoms with E-state index in [2.05, 4.69) is 20.6 Å². The molecule has 1 unspecified atom stereocenters. The minimum atomic E-state index is -0.0948. The minimum Gasteiger partial charge on any atom is -0.376 e. The zero-order valence-electron chi connectivity index (χ0n) is 13.8. The Morgan fingerprint density at radius 1 is 1.22 bits per heavy atom. The maximum Gasteiger partial charge on any atom is 0.270 e. The highest BCUT2D eigenvalue weighted by molar-refractivity contribution is 5.92. The Bertz CT molecular complexity index is 537. The molecule has 6 nitrogen and oxygen atoms in total. The van der Waals surface area contributed by atoms with Crippen LogP contribution in [0.15, 0.2) is 6.07 Å². The van der Waals surface area contributed by atoms with Crippen molar-refractivity contribution < 1.29 is 9.53 Å². The van der Waals surface area contributed by atoms with Gasteiger partial charge in [-0.3, -0.25) is 4.79 Å². The molecule has 2 fully saturated rings. The van der Waals surface area contributed by atoms with Crippen LogP contribution in [-0.2, 0) is 4.74 Å². The van der Waals surface area contributed by atoms with Crippen LogP contribution in [0, 0.1) is 6.92 Å². The van der Waals surface area contributed by atoms with Crippen LogP contribution < -0.4 is 10.6 Å². The first-order valence-corrected chi connectivity index (χ1v) is 8.73. The molecule has 126 valence electrons. The van der Waals surface area contributed by atoms with Crippen molar-refractivity contribution in [1.29, 1.82) is 0 Å². The highest BCUT2D eigenvalue weighted by Crippen LogP contribution is 2.18. The zero-order chi connectivity index (χ0) is 16.1. The summed E-state index contributed by atoms with van der Waals surface area (Å²) in [5, 5.41) is 6.30. The largest absolute Gasteiger partial charge is 0.376 e. The molecule has 2 aliphatic rings. The summed E-state index contributed by atoms with van der Waals surface area (Å²) in [5.41, 5.74) is 1.24. The van der Waals surface area contributed by atoms with Gasteiger partial charge in [-0.05, 0) is 38.7 Å². The predicted octanol–water partition coefficient (Wildman–Crippen LogP) is 2.44. The molecule has 23 heavy (non-hydrogen) atoms. The molecule has 1 aromatic heterocycles. The average Bonchev–Trinajstić information content (AvgIpc) is 3.07. The molecule has 0 radical (unpaired) electrons. The topological polar surface area (TPSA) is 76.1 Å². The second kappa shape index (κ2) is 7.73. The Balaban J connectivity index is 1.60. The van der Waals surface area contributed by atoms with Crippen molar-refractivity contribution in [3.05, 3.63) is 17.5 Å². The van der Waals surface area contributed by atoms with Gasteiger partial charge in [0.25, 0.3) is 5.91 Å². The average molecular weight is 318 g/mol. The first-order chi connectivity index (χ1) is 11.2. The van der Waals surface area contributed by atoms with E-state index in [4.69, 9.17) is 4.74 Å². The zero-order valence-corrected chi connectivity index (χ0v) is 13.8. The van der Waals surface area contributed by atoms with Crippen LogP contribution in [0.5, 0.6) is 0 Å². The summed E-state index contributed by atoms with van der Waals surface area (Å²) < 4.78 is 5.59. The number of amides is 1. The van der Waals surface area contributed by atoms with E-state index in [1.54, 1.807) is 6.07 Å². The predicted molar refractivity (Wildman–Crippen MR) is 88.6 cm³/mol. The molecule has 6 heteroatoms. The quantitative estimate of drug-likeness (QED) is 0.872. The third kappa shape index (κ3) is 4.64. The van der Waals surface area contributed by atoms with Gasteiger partial charge in [0.1, 0.15) is 5.69 Å². The molecular formula is C17H26N4O2. The Hall–Kier alpha value is -1.69. The van der Waals surface area contributed by atoms with E-state index in [-0.39, 0.29) is 18.1 Å². The van der Waals surface area contributed by atoms with Gasteiger partial charge in [0.2, 0.25) is 5.95 Å². The van der Waals surface area contributed by atoms with Gasteiger partial charge in [-0.2, -0.15) is 0 Å². The van der Waals surface area contributed by atoms with Gasteiger partial charge < -0.3 is 15.4 Å². The standard InChI is InChI=1S/C17H26N4O2/c1-12-10-15(16(22)20-13-6-3-2-4-7-13)21-17(19-12)18-11-14-8-5-9-23-14/h10,13-14H,2-9,11H2,1H3,(H,20,22)(H,18,19,21). The fourth-order valence-corrected chi connectivity index (χ4v) is 3.28. The summed E-state index contributed by atoms with van der Waals surface area (Å²) in [7, 11) is 0. The molecule has 1 amide bonds. The second-order valence-corrected chi connectivity index (χ2v) is 6.54. The third-order valence-corrected chi connectivity index (χ3v) is 4.54. The molecule has 3 rings (SSSR count). The van der Waals surface area contributed by atoms with Crippen molar-refractivity contribution in [3.63, 3.8) is 0 Å². The van der Waals surface area contributed by atoms with Crippen LogP contribution in [0.1, 0.15) is 61.1 Å². The smallest absolute Gasteiger partial charge is 0.270 e. The van der Waals surface area contributed by atoms with Crippen LogP contribution in [0.4, 0.5) is 5.95 Å². The van der Waals surface area contributed by atoms with E-state index in [0.717, 1.165) is 38.0 Å². The van der Waals surface area contributed by atoms with Crippen molar-refractivity contribution >= 4 is 11.9 Å². The number of hydrogen-bond acceptors (Lipinski definition) is 5. The monoisotopic (exact) mass is 318 g/mol. The van der Waals surface area contributed by atoms with E-state index in [1.165, 1.54) is 19.3 Å². The van der Waals surface area contributed by atoms with E-state index in [1.807, 2.05) is 6.92 Å². The lowest BCUT2D eigenvalue weighted by molar-refractivity contribution is 0.0922. The first-order valence-electron chi connectivity index (χ1n) is 8.73. The number of nitrogens with zero attached hydrogens (tertiary/aromatic N) is 2. The van der Waals surface area contributed by atoms with Crippen molar-refractivity contribution in [3.8, 4) is 0 Å². The summed E-state index contributed by atoms with van der Waals surface area (Å²) >= 11 is 0. The van der Waals surface area contributed by atoms with E-state index in [0.29, 0.717) is 18.2 Å². The number of aromatic nitrogens is 2. The molecule has 2 N–H and O–H groups in total. The number of carbonyl (C=O) groups is 1. The van der Waals surface area contributed by atoms with Crippen molar-refractivity contribution in [1.82, 2.24) is 15.3 Å². The van der Waals surface area contributed by atoms with E-state index >= 15 is 0 Å². The Kier molecular flexibility index (Phi) is 5.43. The maximum atomic E-state index is 12.4. The summed E-state index contributed by atoms with van der Waals surface area (Å²) in [6.45, 7) is 3.40. The fraction of sp³-hybridized carbons (Fsp3) is 0.706. The third-order valence-electron chi connectivity index (χ3n) is 4.54. The van der Waals surface area contributed by atoms with Gasteiger partial charge in [0, 0.05) is 24.9 Å². The molecule has 1 aromatic rings. The van der Waals surface area contributed by atoms with Gasteiger partial charge in [-0.15, -0.1) is 0 Å². The van der Waals surface area contributed by atoms with Crippen LogP contribution in [0.2, 0.25) is 0 Å². The minimum absolute atomic E-state index is 0.0948. The summed E-state index contributed by atoms with van der Waals surface area (Å²) in [6, 6.07) is 2.03. The summed E-state index contributed by atoms with van der Waals surface area (Å²) in [5.74, 6) is 0.414. The molecule has 1 aliphatic heterocycles. The van der Waals surface area contributed by atoms with Gasteiger partial charge in [-0.25, -0.2) is 9.97 Å². The lowest BCUT2D eigenvalue weighted by atomic mass is 9.95. The van der Waals surface area contributed by atoms with Crippen LogP contribution >= 0.6 is 0 Å². The number of ether oxygens (including phenoxy) is 1. The molecule has 1 aliphatic carbocycles. The van der Waals surface area contributed by atoms with Crippen molar-refractivity contribution in [2.75, 3.05) is 18.5 Å². The van der Waals surface area contributed by atoms with E-state index in [9.17, 15) is 4.79 Å². The summed E-state index contributed by atoms with van der Waals surface area (Å²) in [6.07, 6.45) is 8.20. The highest BCUT2D eigenvalue weighted by atomic mass is 16.5. The molecular weight excluding hydrogens is 292 g/mol. The Morgan fingerprint density at radius 3 is 2.78 bits per heavy atom. The fourth-order valence-electron chi connectivity index (χ4n) is 3.28. The number of anilines is 1. The van der Waals surface area contributed by atoms with Gasteiger partial charge >= 0.3 is 0 Å². The maximum absolute atomic E-state index is 12.4. The second-order valence-electron chi connectivity index (χ2n) is 6.54. The van der Waals surface area contributed by atoms with Crippen molar-refractivity contribution in [2.24, 2.45) is 0 Å². The molecule has 0 bridgehead atoms. The van der Waals surface area contributed by atoms with Crippen molar-refractivity contribution in [2.45, 2.75) is 64.0 Å². The molecule has 2 heterocycles. The molecule has 1 saturated heterocycles. The molecule has 0 spiro atoms.